The minimum Gasteiger partial charge on any atom is -0.478 e. The van der Waals surface area contributed by atoms with Gasteiger partial charge in [-0.1, -0.05) is 56.3 Å². The van der Waals surface area contributed by atoms with Crippen molar-refractivity contribution in [1.82, 2.24) is 5.32 Å². The molecule has 0 aliphatic rings. The topological polar surface area (TPSA) is 171 Å². The third-order valence-corrected chi connectivity index (χ3v) is 6.11. The second-order valence-corrected chi connectivity index (χ2v) is 11.3. The van der Waals surface area contributed by atoms with Crippen LogP contribution in [0.1, 0.15) is 45.7 Å². The van der Waals surface area contributed by atoms with Crippen LogP contribution >= 0.6 is 11.8 Å². The summed E-state index contributed by atoms with van der Waals surface area (Å²) in [6.45, 7) is 4.52. The van der Waals surface area contributed by atoms with Crippen LogP contribution in [0.4, 0.5) is 0 Å². The van der Waals surface area contributed by atoms with E-state index in [0.717, 1.165) is 16.0 Å². The van der Waals surface area contributed by atoms with Gasteiger partial charge in [0.15, 0.2) is 0 Å². The molecule has 0 aliphatic heterocycles. The van der Waals surface area contributed by atoms with Gasteiger partial charge in [0, 0.05) is 28.3 Å². The predicted octanol–water partition coefficient (Wildman–Crippen LogP) is 4.52. The Kier molecular flexibility index (Phi) is 11.1. The molecule has 0 saturated carbocycles. The van der Waals surface area contributed by atoms with Crippen LogP contribution in [0.2, 0.25) is 0 Å². The van der Waals surface area contributed by atoms with Crippen molar-refractivity contribution in [1.29, 1.82) is 5.41 Å². The van der Waals surface area contributed by atoms with Crippen molar-refractivity contribution in [3.05, 3.63) is 89.0 Å². The Labute approximate surface area is 226 Å². The van der Waals surface area contributed by atoms with Gasteiger partial charge in [-0.25, -0.2) is 4.79 Å². The molecule has 0 heterocycles. The molecule has 1 amide bonds. The van der Waals surface area contributed by atoms with E-state index in [-0.39, 0.29) is 17.3 Å². The quantitative estimate of drug-likeness (QED) is 0.111. The van der Waals surface area contributed by atoms with Gasteiger partial charge in [0.2, 0.25) is 0 Å². The molecule has 6 N–H and O–H groups in total. The fourth-order valence-electron chi connectivity index (χ4n) is 3.30. The number of hydrogen-bond donors (Lipinski definition) is 5. The summed E-state index contributed by atoms with van der Waals surface area (Å²) < 4.78 is 25.9. The van der Waals surface area contributed by atoms with E-state index in [1.54, 1.807) is 23.9 Å². The maximum atomic E-state index is 12.4. The van der Waals surface area contributed by atoms with Crippen molar-refractivity contribution in [2.45, 2.75) is 24.5 Å². The zero-order chi connectivity index (χ0) is 28.5. The molecule has 3 rings (SSSR count). The smallest absolute Gasteiger partial charge is 0.336 e. The van der Waals surface area contributed by atoms with Crippen LogP contribution < -0.4 is 11.1 Å². The monoisotopic (exact) mass is 557 g/mol. The summed E-state index contributed by atoms with van der Waals surface area (Å²) in [6, 6.07) is 19.9. The number of amides is 1. The number of thioether (sulfide) groups is 1. The molecule has 3 aromatic rings. The molecule has 0 atom stereocenters. The lowest BCUT2D eigenvalue weighted by Crippen LogP contribution is -2.27. The minimum absolute atomic E-state index is 0.0273. The van der Waals surface area contributed by atoms with Gasteiger partial charge in [-0.05, 0) is 46.9 Å². The van der Waals surface area contributed by atoms with E-state index in [2.05, 4.69) is 5.32 Å². The van der Waals surface area contributed by atoms with Gasteiger partial charge >= 0.3 is 5.97 Å². The number of nitrogens with two attached hydrogens (primary N) is 1. The van der Waals surface area contributed by atoms with E-state index in [4.69, 9.17) is 15.7 Å². The van der Waals surface area contributed by atoms with Crippen LogP contribution in [0.3, 0.4) is 0 Å². The Morgan fingerprint density at radius 1 is 1.00 bits per heavy atom. The Balaban J connectivity index is 0.000000926. The highest BCUT2D eigenvalue weighted by molar-refractivity contribution is 7.98. The first-order valence-corrected chi connectivity index (χ1v) is 14.3. The fraction of sp³-hybridized carbons (Fsp3) is 0.222. The second kappa shape index (κ2) is 13.8. The SMILES string of the molecule is CC(C)CNC(=O)c1ccc(-c2ccccc2CSc2ccc(C(=N)N)cc2)c(C(=O)O)c1.CS(=O)(=O)O. The number of carbonyl (C=O) groups excluding carboxylic acids is 1. The number of carboxylic acid groups (broad SMARTS) is 1. The van der Waals surface area contributed by atoms with E-state index < -0.39 is 16.1 Å². The zero-order valence-corrected chi connectivity index (χ0v) is 22.9. The van der Waals surface area contributed by atoms with E-state index >= 15 is 0 Å². The van der Waals surface area contributed by atoms with Gasteiger partial charge in [-0.15, -0.1) is 11.8 Å². The molecule has 9 nitrogen and oxygen atoms in total. The molecule has 0 unspecified atom stereocenters. The zero-order valence-electron chi connectivity index (χ0n) is 21.3. The number of carboxylic acids is 1. The van der Waals surface area contributed by atoms with Gasteiger partial charge in [-0.3, -0.25) is 14.8 Å². The molecular weight excluding hydrogens is 526 g/mol. The maximum Gasteiger partial charge on any atom is 0.336 e. The van der Waals surface area contributed by atoms with Gasteiger partial charge in [-0.2, -0.15) is 8.42 Å². The summed E-state index contributed by atoms with van der Waals surface area (Å²) in [6.07, 6.45) is 0.715. The highest BCUT2D eigenvalue weighted by Gasteiger charge is 2.18. The molecular formula is C27H31N3O6S2. The summed E-state index contributed by atoms with van der Waals surface area (Å²) in [7, 11) is -3.67. The number of carbonyl (C=O) groups is 2. The molecule has 0 fully saturated rings. The van der Waals surface area contributed by atoms with Crippen LogP contribution in [-0.2, 0) is 15.9 Å². The van der Waals surface area contributed by atoms with E-state index in [0.29, 0.717) is 41.2 Å². The van der Waals surface area contributed by atoms with Crippen LogP contribution in [0.15, 0.2) is 71.6 Å². The third-order valence-electron chi connectivity index (χ3n) is 5.05. The Morgan fingerprint density at radius 2 is 1.58 bits per heavy atom. The molecule has 202 valence electrons. The first kappa shape index (κ1) is 30.6. The van der Waals surface area contributed by atoms with Crippen molar-refractivity contribution in [3.8, 4) is 11.1 Å². The van der Waals surface area contributed by atoms with Crippen molar-refractivity contribution in [3.63, 3.8) is 0 Å². The highest BCUT2D eigenvalue weighted by Crippen LogP contribution is 2.32. The summed E-state index contributed by atoms with van der Waals surface area (Å²) in [4.78, 5) is 25.5. The second-order valence-electron chi connectivity index (χ2n) is 8.79. The first-order valence-electron chi connectivity index (χ1n) is 11.5. The average molecular weight is 558 g/mol. The number of nitrogens with one attached hydrogen (secondary N) is 2. The first-order chi connectivity index (χ1) is 17.8. The van der Waals surface area contributed by atoms with Crippen molar-refractivity contribution in [2.24, 2.45) is 11.7 Å². The van der Waals surface area contributed by atoms with Crippen molar-refractivity contribution in [2.75, 3.05) is 12.8 Å². The van der Waals surface area contributed by atoms with Gasteiger partial charge in [0.25, 0.3) is 16.0 Å². The summed E-state index contributed by atoms with van der Waals surface area (Å²) in [5.41, 5.74) is 8.98. The standard InChI is InChI=1S/C26H27N3O3S.CH4O3S/c1-16(2)14-29-25(30)18-9-12-22(23(13-18)26(31)32)21-6-4-3-5-19(21)15-33-20-10-7-17(8-11-20)24(27)28;1-5(2,3)4/h3-13,16H,14-15H2,1-2H3,(H3,27,28)(H,29,30)(H,31,32);1H3,(H,2,3,4). The van der Waals surface area contributed by atoms with E-state index in [9.17, 15) is 23.1 Å². The molecule has 0 saturated heterocycles. The molecule has 0 spiro atoms. The highest BCUT2D eigenvalue weighted by atomic mass is 32.2. The number of nitrogen functional groups attached to an aromatic ring is 1. The molecule has 38 heavy (non-hydrogen) atoms. The van der Waals surface area contributed by atoms with Gasteiger partial charge < -0.3 is 16.2 Å². The number of rotatable bonds is 9. The Hall–Kier alpha value is -3.67. The van der Waals surface area contributed by atoms with Crippen LogP contribution in [0, 0.1) is 11.3 Å². The molecule has 11 heteroatoms. The lowest BCUT2D eigenvalue weighted by atomic mass is 9.94. The molecule has 0 bridgehead atoms. The number of aromatic carboxylic acids is 1. The van der Waals surface area contributed by atoms with Crippen LogP contribution in [0.5, 0.6) is 0 Å². The molecule has 0 aliphatic carbocycles. The molecule has 0 radical (unpaired) electrons. The van der Waals surface area contributed by atoms with E-state index in [1.807, 2.05) is 62.4 Å². The lowest BCUT2D eigenvalue weighted by molar-refractivity contribution is 0.0697. The van der Waals surface area contributed by atoms with Crippen LogP contribution in [0.25, 0.3) is 11.1 Å². The number of hydrogen-bond acceptors (Lipinski definition) is 6. The third kappa shape index (κ3) is 10.0. The Morgan fingerprint density at radius 3 is 2.13 bits per heavy atom. The lowest BCUT2D eigenvalue weighted by Gasteiger charge is -2.14. The van der Waals surface area contributed by atoms with E-state index in [1.165, 1.54) is 6.07 Å². The summed E-state index contributed by atoms with van der Waals surface area (Å²) in [5.74, 6) is -0.401. The normalized spacial score (nSPS) is 10.9. The largest absolute Gasteiger partial charge is 0.478 e. The minimum atomic E-state index is -3.67. The predicted molar refractivity (Wildman–Crippen MR) is 151 cm³/mol. The van der Waals surface area contributed by atoms with Crippen molar-refractivity contribution < 1.29 is 27.7 Å². The van der Waals surface area contributed by atoms with Gasteiger partial charge in [0.1, 0.15) is 5.84 Å². The van der Waals surface area contributed by atoms with Crippen LogP contribution in [-0.4, -0.2) is 48.6 Å². The molecule has 0 aromatic heterocycles. The molecule has 3 aromatic carbocycles. The van der Waals surface area contributed by atoms with Gasteiger partial charge in [0.05, 0.1) is 11.8 Å². The number of amidine groups is 1. The summed E-state index contributed by atoms with van der Waals surface area (Å²) in [5, 5.41) is 20.2. The average Bonchev–Trinajstić information content (AvgIpc) is 2.85. The van der Waals surface area contributed by atoms with Crippen molar-refractivity contribution >= 4 is 39.6 Å². The maximum absolute atomic E-state index is 12.4. The Bertz CT molecular complexity index is 1400. The summed E-state index contributed by atoms with van der Waals surface area (Å²) >= 11 is 1.61. The number of benzene rings is 3. The fourth-order valence-corrected chi connectivity index (χ4v) is 4.20.